The molecule has 0 amide bonds. The van der Waals surface area contributed by atoms with E-state index in [4.69, 9.17) is 0 Å². The molecule has 0 saturated heterocycles. The molecule has 0 spiro atoms. The maximum Gasteiger partial charge on any atom is 0.0456 e. The van der Waals surface area contributed by atoms with E-state index in [1.165, 1.54) is 29.3 Å². The molecule has 15 heavy (non-hydrogen) atoms. The predicted octanol–water partition coefficient (Wildman–Crippen LogP) is 2.46. The normalized spacial score (nSPS) is 18.2. The summed E-state index contributed by atoms with van der Waals surface area (Å²) in [5.74, 6) is 0. The number of hydrogen-bond acceptors (Lipinski definition) is 1. The Morgan fingerprint density at radius 1 is 1.33 bits per heavy atom. The van der Waals surface area contributed by atoms with Crippen LogP contribution in [0.25, 0.3) is 10.9 Å². The highest BCUT2D eigenvalue weighted by atomic mass is 15.0. The summed E-state index contributed by atoms with van der Waals surface area (Å²) in [4.78, 5) is 3.26. The number of aromatic nitrogens is 1. The van der Waals surface area contributed by atoms with Crippen LogP contribution in [-0.2, 0) is 6.42 Å². The average molecular weight is 200 g/mol. The number of fused-ring (bicyclic) bond motifs is 1. The second-order valence-electron chi connectivity index (χ2n) is 4.56. The summed E-state index contributed by atoms with van der Waals surface area (Å²) in [5, 5.41) is 4.82. The molecule has 2 N–H and O–H groups in total. The van der Waals surface area contributed by atoms with Gasteiger partial charge in [-0.3, -0.25) is 0 Å². The maximum atomic E-state index is 3.45. The van der Waals surface area contributed by atoms with E-state index in [1.54, 1.807) is 0 Å². The predicted molar refractivity (Wildman–Crippen MR) is 63.0 cm³/mol. The van der Waals surface area contributed by atoms with Crippen molar-refractivity contribution < 1.29 is 0 Å². The van der Waals surface area contributed by atoms with Gasteiger partial charge in [0.2, 0.25) is 0 Å². The largest absolute Gasteiger partial charge is 0.361 e. The highest BCUT2D eigenvalue weighted by Crippen LogP contribution is 2.39. The summed E-state index contributed by atoms with van der Waals surface area (Å²) in [6.07, 6.45) is 5.79. The Hall–Kier alpha value is -1.28. The van der Waals surface area contributed by atoms with Gasteiger partial charge in [-0.25, -0.2) is 0 Å². The standard InChI is InChI=1S/C13H16N2/c1-14-13(6-7-13)9-10-3-2-4-12-11(10)5-8-15-12/h2-5,8,14-15H,6-7,9H2,1H3. The van der Waals surface area contributed by atoms with Crippen LogP contribution in [0.15, 0.2) is 30.5 Å². The van der Waals surface area contributed by atoms with Gasteiger partial charge in [-0.2, -0.15) is 0 Å². The van der Waals surface area contributed by atoms with Crippen molar-refractivity contribution in [3.63, 3.8) is 0 Å². The first-order chi connectivity index (χ1) is 7.33. The Morgan fingerprint density at radius 3 is 2.93 bits per heavy atom. The molecule has 1 fully saturated rings. The maximum absolute atomic E-state index is 3.45. The lowest BCUT2D eigenvalue weighted by molar-refractivity contribution is 0.550. The number of nitrogens with one attached hydrogen (secondary N) is 2. The van der Waals surface area contributed by atoms with Gasteiger partial charge in [0.05, 0.1) is 0 Å². The Morgan fingerprint density at radius 2 is 2.20 bits per heavy atom. The van der Waals surface area contributed by atoms with Crippen molar-refractivity contribution in [3.05, 3.63) is 36.0 Å². The number of benzene rings is 1. The molecule has 0 bridgehead atoms. The minimum atomic E-state index is 0.394. The van der Waals surface area contributed by atoms with Crippen molar-refractivity contribution in [3.8, 4) is 0 Å². The molecule has 1 saturated carbocycles. The highest BCUT2D eigenvalue weighted by Gasteiger charge is 2.40. The Kier molecular flexibility index (Phi) is 1.86. The number of rotatable bonds is 3. The number of hydrogen-bond donors (Lipinski definition) is 2. The van der Waals surface area contributed by atoms with Crippen molar-refractivity contribution in [2.45, 2.75) is 24.8 Å². The van der Waals surface area contributed by atoms with Crippen LogP contribution < -0.4 is 5.32 Å². The molecule has 78 valence electrons. The fraction of sp³-hybridized carbons (Fsp3) is 0.385. The SMILES string of the molecule is CNC1(Cc2cccc3[nH]ccc23)CC1. The summed E-state index contributed by atoms with van der Waals surface area (Å²) in [6, 6.07) is 8.70. The van der Waals surface area contributed by atoms with Crippen LogP contribution in [0.3, 0.4) is 0 Å². The summed E-state index contributed by atoms with van der Waals surface area (Å²) in [5.41, 5.74) is 3.10. The van der Waals surface area contributed by atoms with Gasteiger partial charge in [0.1, 0.15) is 0 Å². The Labute approximate surface area is 89.7 Å². The molecule has 1 aliphatic carbocycles. The van der Waals surface area contributed by atoms with E-state index < -0.39 is 0 Å². The van der Waals surface area contributed by atoms with Crippen LogP contribution in [0, 0.1) is 0 Å². The van der Waals surface area contributed by atoms with Crippen LogP contribution in [-0.4, -0.2) is 17.6 Å². The molecule has 0 radical (unpaired) electrons. The second-order valence-corrected chi connectivity index (χ2v) is 4.56. The van der Waals surface area contributed by atoms with Gasteiger partial charge in [0.25, 0.3) is 0 Å². The van der Waals surface area contributed by atoms with Crippen LogP contribution in [0.5, 0.6) is 0 Å². The summed E-state index contributed by atoms with van der Waals surface area (Å²) < 4.78 is 0. The summed E-state index contributed by atoms with van der Waals surface area (Å²) in [7, 11) is 2.07. The molecule has 2 nitrogen and oxygen atoms in total. The van der Waals surface area contributed by atoms with Gasteiger partial charge >= 0.3 is 0 Å². The van der Waals surface area contributed by atoms with Crippen LogP contribution in [0.4, 0.5) is 0 Å². The lowest BCUT2D eigenvalue weighted by Crippen LogP contribution is -2.29. The molecule has 0 unspecified atom stereocenters. The van der Waals surface area contributed by atoms with E-state index in [0.29, 0.717) is 5.54 Å². The lowest BCUT2D eigenvalue weighted by Gasteiger charge is -2.14. The monoisotopic (exact) mass is 200 g/mol. The van der Waals surface area contributed by atoms with Crippen molar-refractivity contribution in [1.82, 2.24) is 10.3 Å². The molecule has 1 aromatic carbocycles. The van der Waals surface area contributed by atoms with Crippen molar-refractivity contribution in [1.29, 1.82) is 0 Å². The van der Waals surface area contributed by atoms with E-state index in [-0.39, 0.29) is 0 Å². The summed E-state index contributed by atoms with van der Waals surface area (Å²) in [6.45, 7) is 0. The first-order valence-corrected chi connectivity index (χ1v) is 5.57. The van der Waals surface area contributed by atoms with Crippen molar-refractivity contribution in [2.75, 3.05) is 7.05 Å². The van der Waals surface area contributed by atoms with Gasteiger partial charge in [0.15, 0.2) is 0 Å². The van der Waals surface area contributed by atoms with Crippen LogP contribution in [0.2, 0.25) is 0 Å². The Balaban J connectivity index is 2.00. The average Bonchev–Trinajstić information content (AvgIpc) is 2.87. The minimum absolute atomic E-state index is 0.394. The molecular weight excluding hydrogens is 184 g/mol. The molecule has 1 aromatic heterocycles. The number of likely N-dealkylation sites (N-methyl/N-ethyl adjacent to an activating group) is 1. The van der Waals surface area contributed by atoms with Crippen LogP contribution >= 0.6 is 0 Å². The molecule has 0 atom stereocenters. The number of aromatic amines is 1. The molecule has 2 heteroatoms. The molecule has 0 aliphatic heterocycles. The van der Waals surface area contributed by atoms with Crippen molar-refractivity contribution in [2.24, 2.45) is 0 Å². The highest BCUT2D eigenvalue weighted by molar-refractivity contribution is 5.83. The molecule has 2 aromatic rings. The molecule has 1 aliphatic rings. The molecule has 3 rings (SSSR count). The van der Waals surface area contributed by atoms with Crippen LogP contribution in [0.1, 0.15) is 18.4 Å². The van der Waals surface area contributed by atoms with Gasteiger partial charge in [-0.05, 0) is 44.0 Å². The Bertz CT molecular complexity index is 480. The molecule has 1 heterocycles. The fourth-order valence-corrected chi connectivity index (χ4v) is 2.34. The van der Waals surface area contributed by atoms with E-state index in [1.807, 2.05) is 6.20 Å². The topological polar surface area (TPSA) is 27.8 Å². The van der Waals surface area contributed by atoms with Crippen molar-refractivity contribution >= 4 is 10.9 Å². The first kappa shape index (κ1) is 8.98. The zero-order valence-corrected chi connectivity index (χ0v) is 9.01. The first-order valence-electron chi connectivity index (χ1n) is 5.57. The third-order valence-electron chi connectivity index (χ3n) is 3.60. The lowest BCUT2D eigenvalue weighted by atomic mass is 10.0. The van der Waals surface area contributed by atoms with Gasteiger partial charge in [-0.15, -0.1) is 0 Å². The number of H-pyrrole nitrogens is 1. The van der Waals surface area contributed by atoms with E-state index in [2.05, 4.69) is 41.6 Å². The third-order valence-corrected chi connectivity index (χ3v) is 3.60. The van der Waals surface area contributed by atoms with E-state index >= 15 is 0 Å². The quantitative estimate of drug-likeness (QED) is 0.782. The fourth-order valence-electron chi connectivity index (χ4n) is 2.34. The van der Waals surface area contributed by atoms with E-state index in [9.17, 15) is 0 Å². The zero-order valence-electron chi connectivity index (χ0n) is 9.01. The third kappa shape index (κ3) is 1.45. The summed E-state index contributed by atoms with van der Waals surface area (Å²) >= 11 is 0. The van der Waals surface area contributed by atoms with Gasteiger partial charge in [-0.1, -0.05) is 12.1 Å². The zero-order chi connectivity index (χ0) is 10.3. The smallest absolute Gasteiger partial charge is 0.0456 e. The van der Waals surface area contributed by atoms with Gasteiger partial charge in [0, 0.05) is 22.6 Å². The van der Waals surface area contributed by atoms with Gasteiger partial charge < -0.3 is 10.3 Å². The van der Waals surface area contributed by atoms with E-state index in [0.717, 1.165) is 6.42 Å². The minimum Gasteiger partial charge on any atom is -0.361 e. The second kappa shape index (κ2) is 3.11. The molecular formula is C13H16N2.